The third-order valence-corrected chi connectivity index (χ3v) is 3.72. The molecule has 0 saturated carbocycles. The van der Waals surface area contributed by atoms with Crippen LogP contribution in [0.3, 0.4) is 0 Å². The second-order valence-electron chi connectivity index (χ2n) is 5.39. The summed E-state index contributed by atoms with van der Waals surface area (Å²) in [5.74, 6) is 0.464. The molecule has 4 nitrogen and oxygen atoms in total. The minimum absolute atomic E-state index is 0.0416. The molecule has 1 atom stereocenters. The highest BCUT2D eigenvalue weighted by Gasteiger charge is 2.16. The van der Waals surface area contributed by atoms with Gasteiger partial charge >= 0.3 is 0 Å². The summed E-state index contributed by atoms with van der Waals surface area (Å²) in [6.45, 7) is 6.76. The highest BCUT2D eigenvalue weighted by Crippen LogP contribution is 2.12. The van der Waals surface area contributed by atoms with E-state index in [4.69, 9.17) is 18.0 Å². The van der Waals surface area contributed by atoms with Crippen LogP contribution in [0.15, 0.2) is 24.3 Å². The summed E-state index contributed by atoms with van der Waals surface area (Å²) in [6, 6.07) is 7.61. The van der Waals surface area contributed by atoms with Gasteiger partial charge in [0.15, 0.2) is 0 Å². The van der Waals surface area contributed by atoms with Gasteiger partial charge < -0.3 is 11.1 Å². The smallest absolute Gasteiger partial charge is 0.238 e. The van der Waals surface area contributed by atoms with Crippen molar-refractivity contribution >= 4 is 28.8 Å². The van der Waals surface area contributed by atoms with E-state index >= 15 is 0 Å². The summed E-state index contributed by atoms with van der Waals surface area (Å²) in [5, 5.41) is 2.87. The molecule has 3 N–H and O–H groups in total. The van der Waals surface area contributed by atoms with Gasteiger partial charge in [-0.1, -0.05) is 38.2 Å². The predicted octanol–water partition coefficient (Wildman–Crippen LogP) is 2.24. The number of amides is 1. The quantitative estimate of drug-likeness (QED) is 0.790. The Morgan fingerprint density at radius 2 is 2.05 bits per heavy atom. The van der Waals surface area contributed by atoms with Crippen LogP contribution >= 0.6 is 12.2 Å². The van der Waals surface area contributed by atoms with Gasteiger partial charge in [-0.3, -0.25) is 9.69 Å². The molecule has 20 heavy (non-hydrogen) atoms. The van der Waals surface area contributed by atoms with Crippen LogP contribution in [0.5, 0.6) is 0 Å². The summed E-state index contributed by atoms with van der Waals surface area (Å²) >= 11 is 4.92. The monoisotopic (exact) mass is 293 g/mol. The first-order valence-electron chi connectivity index (χ1n) is 6.71. The maximum absolute atomic E-state index is 12.0. The first-order valence-corrected chi connectivity index (χ1v) is 7.12. The van der Waals surface area contributed by atoms with Crippen LogP contribution in [0.2, 0.25) is 0 Å². The number of carbonyl (C=O) groups excluding carboxylic acids is 1. The molecule has 0 spiro atoms. The van der Waals surface area contributed by atoms with Crippen molar-refractivity contribution in [2.24, 2.45) is 11.7 Å². The zero-order valence-electron chi connectivity index (χ0n) is 12.5. The first-order chi connectivity index (χ1) is 9.31. The maximum Gasteiger partial charge on any atom is 0.238 e. The van der Waals surface area contributed by atoms with Crippen LogP contribution in [-0.4, -0.2) is 35.4 Å². The Morgan fingerprint density at radius 1 is 1.40 bits per heavy atom. The Balaban J connectivity index is 2.62. The van der Waals surface area contributed by atoms with Gasteiger partial charge in [0, 0.05) is 17.3 Å². The van der Waals surface area contributed by atoms with Crippen LogP contribution in [0.25, 0.3) is 0 Å². The fraction of sp³-hybridized carbons (Fsp3) is 0.467. The van der Waals surface area contributed by atoms with Gasteiger partial charge in [-0.25, -0.2) is 0 Å². The van der Waals surface area contributed by atoms with Gasteiger partial charge in [-0.2, -0.15) is 0 Å². The van der Waals surface area contributed by atoms with Crippen molar-refractivity contribution in [3.05, 3.63) is 29.8 Å². The summed E-state index contributed by atoms with van der Waals surface area (Å²) in [5.41, 5.74) is 7.04. The number of benzene rings is 1. The topological polar surface area (TPSA) is 58.4 Å². The molecule has 0 heterocycles. The number of hydrogen-bond donors (Lipinski definition) is 2. The van der Waals surface area contributed by atoms with Crippen molar-refractivity contribution in [3.63, 3.8) is 0 Å². The third-order valence-electron chi connectivity index (χ3n) is 3.48. The van der Waals surface area contributed by atoms with E-state index in [1.807, 2.05) is 30.1 Å². The number of nitrogens with zero attached hydrogens (tertiary/aromatic N) is 1. The van der Waals surface area contributed by atoms with Crippen molar-refractivity contribution in [2.75, 3.05) is 18.9 Å². The molecular formula is C15H23N3OS. The summed E-state index contributed by atoms with van der Waals surface area (Å²) in [6.07, 6.45) is 0. The molecule has 0 bridgehead atoms. The number of anilines is 1. The average Bonchev–Trinajstić information content (AvgIpc) is 2.37. The predicted molar refractivity (Wildman–Crippen MR) is 87.9 cm³/mol. The second kappa shape index (κ2) is 7.36. The molecule has 0 saturated heterocycles. The molecule has 0 radical (unpaired) electrons. The molecule has 0 aliphatic carbocycles. The summed E-state index contributed by atoms with van der Waals surface area (Å²) in [7, 11) is 1.95. The zero-order chi connectivity index (χ0) is 15.3. The Kier molecular flexibility index (Phi) is 6.10. The van der Waals surface area contributed by atoms with E-state index in [1.165, 1.54) is 0 Å². The van der Waals surface area contributed by atoms with Gasteiger partial charge in [0.25, 0.3) is 0 Å². The van der Waals surface area contributed by atoms with Crippen LogP contribution in [0.4, 0.5) is 5.69 Å². The highest BCUT2D eigenvalue weighted by molar-refractivity contribution is 7.80. The third kappa shape index (κ3) is 4.90. The molecule has 0 aliphatic heterocycles. The summed E-state index contributed by atoms with van der Waals surface area (Å²) < 4.78 is 0. The molecule has 1 aromatic rings. The van der Waals surface area contributed by atoms with E-state index < -0.39 is 0 Å². The first kappa shape index (κ1) is 16.6. The number of nitrogens with two attached hydrogens (primary N) is 1. The normalized spacial score (nSPS) is 12.5. The molecule has 1 amide bonds. The van der Waals surface area contributed by atoms with Gasteiger partial charge in [0.1, 0.15) is 4.99 Å². The molecule has 5 heteroatoms. The van der Waals surface area contributed by atoms with Crippen molar-refractivity contribution in [1.29, 1.82) is 0 Å². The van der Waals surface area contributed by atoms with Crippen molar-refractivity contribution in [1.82, 2.24) is 4.90 Å². The van der Waals surface area contributed by atoms with Crippen LogP contribution in [0, 0.1) is 5.92 Å². The van der Waals surface area contributed by atoms with Gasteiger partial charge in [-0.15, -0.1) is 0 Å². The molecule has 1 rings (SSSR count). The highest BCUT2D eigenvalue weighted by atomic mass is 32.1. The lowest BCUT2D eigenvalue weighted by Gasteiger charge is -2.27. The van der Waals surface area contributed by atoms with Crippen molar-refractivity contribution in [3.8, 4) is 0 Å². The number of carbonyl (C=O) groups is 1. The van der Waals surface area contributed by atoms with Crippen molar-refractivity contribution in [2.45, 2.75) is 26.8 Å². The fourth-order valence-electron chi connectivity index (χ4n) is 1.83. The maximum atomic E-state index is 12.0. The van der Waals surface area contributed by atoms with E-state index in [0.717, 1.165) is 5.56 Å². The second-order valence-corrected chi connectivity index (χ2v) is 5.83. The van der Waals surface area contributed by atoms with E-state index in [2.05, 4.69) is 26.1 Å². The number of thiocarbonyl (C=S) groups is 1. The number of likely N-dealkylation sites (N-methyl/N-ethyl adjacent to an activating group) is 1. The van der Waals surface area contributed by atoms with Crippen molar-refractivity contribution < 1.29 is 4.79 Å². The Labute approximate surface area is 126 Å². The van der Waals surface area contributed by atoms with Gasteiger partial charge in [0.05, 0.1) is 6.54 Å². The fourth-order valence-corrected chi connectivity index (χ4v) is 1.96. The lowest BCUT2D eigenvalue weighted by atomic mass is 10.1. The Bertz CT molecular complexity index is 488. The number of nitrogens with one attached hydrogen (secondary N) is 1. The molecule has 1 aromatic carbocycles. The lowest BCUT2D eigenvalue weighted by Crippen LogP contribution is -2.39. The molecular weight excluding hydrogens is 270 g/mol. The number of rotatable bonds is 6. The van der Waals surface area contributed by atoms with Crippen LogP contribution < -0.4 is 11.1 Å². The van der Waals surface area contributed by atoms with E-state index in [1.54, 1.807) is 6.07 Å². The molecule has 1 unspecified atom stereocenters. The molecule has 0 fully saturated rings. The zero-order valence-corrected chi connectivity index (χ0v) is 13.3. The number of hydrogen-bond acceptors (Lipinski definition) is 3. The molecule has 0 aromatic heterocycles. The van der Waals surface area contributed by atoms with Gasteiger partial charge in [-0.05, 0) is 32.0 Å². The van der Waals surface area contributed by atoms with Crippen LogP contribution in [0.1, 0.15) is 26.3 Å². The van der Waals surface area contributed by atoms with E-state index in [-0.39, 0.29) is 5.91 Å². The van der Waals surface area contributed by atoms with Crippen LogP contribution in [-0.2, 0) is 4.79 Å². The summed E-state index contributed by atoms with van der Waals surface area (Å²) in [4.78, 5) is 14.4. The minimum atomic E-state index is -0.0416. The lowest BCUT2D eigenvalue weighted by molar-refractivity contribution is -0.117. The minimum Gasteiger partial charge on any atom is -0.389 e. The average molecular weight is 293 g/mol. The largest absolute Gasteiger partial charge is 0.389 e. The SMILES string of the molecule is CC(C)C(C)N(C)CC(=O)Nc1cccc(C(N)=S)c1. The Hall–Kier alpha value is -1.46. The molecule has 110 valence electrons. The van der Waals surface area contributed by atoms with E-state index in [9.17, 15) is 4.79 Å². The van der Waals surface area contributed by atoms with E-state index in [0.29, 0.717) is 29.2 Å². The molecule has 0 aliphatic rings. The Morgan fingerprint density at radius 3 is 2.60 bits per heavy atom. The standard InChI is InChI=1S/C15H23N3OS/c1-10(2)11(3)18(4)9-14(19)17-13-7-5-6-12(8-13)15(16)20/h5-8,10-11H,9H2,1-4H3,(H2,16,20)(H,17,19). The van der Waals surface area contributed by atoms with Gasteiger partial charge in [0.2, 0.25) is 5.91 Å².